The molecule has 0 fully saturated rings. The van der Waals surface area contributed by atoms with E-state index in [2.05, 4.69) is 28.2 Å². The van der Waals surface area contributed by atoms with Crippen LogP contribution >= 0.6 is 0 Å². The molecule has 5 heterocycles. The fourth-order valence-electron chi connectivity index (χ4n) is 6.79. The van der Waals surface area contributed by atoms with Crippen molar-refractivity contribution in [2.24, 2.45) is 0 Å². The van der Waals surface area contributed by atoms with Gasteiger partial charge in [-0.2, -0.15) is 0 Å². The van der Waals surface area contributed by atoms with Crippen LogP contribution in [0.5, 0.6) is 0 Å². The molecule has 0 amide bonds. The molecule has 0 atom stereocenters. The quantitative estimate of drug-likeness (QED) is 0.103. The van der Waals surface area contributed by atoms with Gasteiger partial charge in [0.25, 0.3) is 0 Å². The maximum atomic E-state index is 6.59. The number of H-pyrrole nitrogens is 2. The first-order valence-electron chi connectivity index (χ1n) is 14.3. The number of nitrogen functional groups attached to an aromatic ring is 4. The van der Waals surface area contributed by atoms with Gasteiger partial charge in [0.1, 0.15) is 0 Å². The number of benzene rings is 4. The van der Waals surface area contributed by atoms with Crippen LogP contribution in [0.4, 0.5) is 22.7 Å². The van der Waals surface area contributed by atoms with E-state index in [1.165, 1.54) is 0 Å². The summed E-state index contributed by atoms with van der Waals surface area (Å²) < 4.78 is 0. The minimum atomic E-state index is 0.647. The van der Waals surface area contributed by atoms with Crippen LogP contribution in [0.3, 0.4) is 0 Å². The number of anilines is 4. The summed E-state index contributed by atoms with van der Waals surface area (Å²) in [5.41, 5.74) is 39.2. The van der Waals surface area contributed by atoms with Gasteiger partial charge >= 0.3 is 0 Å². The van der Waals surface area contributed by atoms with E-state index in [0.717, 1.165) is 88.6 Å². The summed E-state index contributed by atoms with van der Waals surface area (Å²) in [4.78, 5) is 17.5. The molecule has 8 bridgehead atoms. The Labute approximate surface area is 251 Å². The third-order valence-corrected chi connectivity index (χ3v) is 8.71. The molecule has 8 heteroatoms. The number of nitrogens with one attached hydrogen (secondary N) is 2. The van der Waals surface area contributed by atoms with Crippen molar-refractivity contribution in [3.8, 4) is 45.0 Å². The molecule has 7 aromatic rings. The molecule has 10 N–H and O–H groups in total. The second-order valence-corrected chi connectivity index (χ2v) is 11.3. The summed E-state index contributed by atoms with van der Waals surface area (Å²) in [6.45, 7) is 0. The largest absolute Gasteiger partial charge is 0.398 e. The molecule has 0 saturated heterocycles. The predicted octanol–water partition coefficient (Wildman–Crippen LogP) is 7.62. The third-order valence-electron chi connectivity index (χ3n) is 8.71. The smallest absolute Gasteiger partial charge is 0.0758 e. The lowest BCUT2D eigenvalue weighted by Gasteiger charge is -2.04. The van der Waals surface area contributed by atoms with Gasteiger partial charge < -0.3 is 32.9 Å². The van der Waals surface area contributed by atoms with E-state index >= 15 is 0 Å². The maximum absolute atomic E-state index is 6.59. The minimum absolute atomic E-state index is 0.647. The molecule has 44 heavy (non-hydrogen) atoms. The van der Waals surface area contributed by atoms with Crippen LogP contribution < -0.4 is 22.9 Å². The molecule has 0 saturated carbocycles. The average Bonchev–Trinajstić information content (AvgIpc) is 3.74. The highest BCUT2D eigenvalue weighted by Crippen LogP contribution is 2.44. The van der Waals surface area contributed by atoms with E-state index < -0.39 is 0 Å². The summed E-state index contributed by atoms with van der Waals surface area (Å²) in [6, 6.07) is 31.8. The van der Waals surface area contributed by atoms with Gasteiger partial charge in [0.05, 0.1) is 33.8 Å². The minimum Gasteiger partial charge on any atom is -0.398 e. The number of rotatable bonds is 0. The Morgan fingerprint density at radius 2 is 0.841 bits per heavy atom. The van der Waals surface area contributed by atoms with Gasteiger partial charge in [-0.1, -0.05) is 48.5 Å². The molecular formula is C36H26N8. The zero-order valence-electron chi connectivity index (χ0n) is 23.4. The molecule has 0 radical (unpaired) electrons. The van der Waals surface area contributed by atoms with Crippen molar-refractivity contribution in [3.63, 3.8) is 0 Å². The van der Waals surface area contributed by atoms with Crippen LogP contribution in [0.15, 0.2) is 97.1 Å². The van der Waals surface area contributed by atoms with Crippen molar-refractivity contribution in [2.75, 3.05) is 22.9 Å². The molecule has 2 aliphatic heterocycles. The lowest BCUT2D eigenvalue weighted by molar-refractivity contribution is 1.38. The molecular weight excluding hydrogens is 544 g/mol. The Bertz CT molecular complexity index is 2560. The van der Waals surface area contributed by atoms with Crippen molar-refractivity contribution < 1.29 is 0 Å². The molecule has 0 aliphatic carbocycles. The first-order chi connectivity index (χ1) is 21.4. The number of nitrogens with zero attached hydrogens (tertiary/aromatic N) is 2. The van der Waals surface area contributed by atoms with Crippen LogP contribution in [0, 0.1) is 0 Å². The standard InChI is InChI=1S/C36H26N8/c37-21-9-1-5-17-25-13-30-34-19(7-3-10-22(34)38)27(42-30)15-32-36-20(8-4-12-24(36)40)28(44-32)16-31-35-18(6-2-11-23(35)39)26(43-31)14-29(41-25)33(17)21/h1-16,41-42H,37-40H2. The number of nitrogens with two attached hydrogens (primary N) is 4. The second kappa shape index (κ2) is 8.62. The van der Waals surface area contributed by atoms with Crippen molar-refractivity contribution in [3.05, 3.63) is 97.1 Å². The van der Waals surface area contributed by atoms with Crippen LogP contribution in [-0.4, -0.2) is 19.9 Å². The fraction of sp³-hybridized carbons (Fsp3) is 0. The van der Waals surface area contributed by atoms with E-state index in [4.69, 9.17) is 32.9 Å². The molecule has 9 rings (SSSR count). The van der Waals surface area contributed by atoms with E-state index in [1.54, 1.807) is 0 Å². The topological polar surface area (TPSA) is 161 Å². The Morgan fingerprint density at radius 3 is 1.43 bits per heavy atom. The molecule has 0 spiro atoms. The van der Waals surface area contributed by atoms with Crippen molar-refractivity contribution in [2.45, 2.75) is 0 Å². The summed E-state index contributed by atoms with van der Waals surface area (Å²) in [6.07, 6.45) is 0. The Kier molecular flexibility index (Phi) is 4.77. The first-order valence-corrected chi connectivity index (χ1v) is 14.3. The van der Waals surface area contributed by atoms with Crippen molar-refractivity contribution in [1.29, 1.82) is 0 Å². The number of aromatic nitrogens is 4. The van der Waals surface area contributed by atoms with Gasteiger partial charge in [-0.05, 0) is 48.5 Å². The highest BCUT2D eigenvalue weighted by molar-refractivity contribution is 6.17. The third kappa shape index (κ3) is 3.33. The number of hydrogen-bond donors (Lipinski definition) is 6. The summed E-state index contributed by atoms with van der Waals surface area (Å²) >= 11 is 0. The summed E-state index contributed by atoms with van der Waals surface area (Å²) in [5.74, 6) is 0. The Balaban J connectivity index is 1.54. The number of hydrogen-bond acceptors (Lipinski definition) is 6. The fourth-order valence-corrected chi connectivity index (χ4v) is 6.79. The van der Waals surface area contributed by atoms with E-state index in [-0.39, 0.29) is 0 Å². The van der Waals surface area contributed by atoms with Gasteiger partial charge in [0.15, 0.2) is 0 Å². The number of fused-ring (bicyclic) bond motifs is 20. The SMILES string of the molecule is Nc1cccc2c1-c1cc3nc(cc4[nH]c(cc5[nH]c(cc-2n1)c1c(N)cccc51)c1c(N)cccc41)-c1c(N)cccc1-3. The van der Waals surface area contributed by atoms with Gasteiger partial charge in [-0.25, -0.2) is 9.97 Å². The highest BCUT2D eigenvalue weighted by Gasteiger charge is 2.23. The van der Waals surface area contributed by atoms with Crippen LogP contribution in [-0.2, 0) is 0 Å². The maximum Gasteiger partial charge on any atom is 0.0758 e. The van der Waals surface area contributed by atoms with Crippen LogP contribution in [0.25, 0.3) is 88.6 Å². The molecule has 210 valence electrons. The zero-order chi connectivity index (χ0) is 29.7. The summed E-state index contributed by atoms with van der Waals surface area (Å²) in [5, 5.41) is 3.83. The molecule has 4 aromatic carbocycles. The average molecular weight is 571 g/mol. The molecule has 2 aliphatic rings. The van der Waals surface area contributed by atoms with Gasteiger partial charge in [0.2, 0.25) is 0 Å². The second-order valence-electron chi connectivity index (χ2n) is 11.3. The molecule has 8 nitrogen and oxygen atoms in total. The Hall–Kier alpha value is -6.28. The lowest BCUT2D eigenvalue weighted by Crippen LogP contribution is -1.89. The Morgan fingerprint density at radius 1 is 0.409 bits per heavy atom. The van der Waals surface area contributed by atoms with Crippen molar-refractivity contribution >= 4 is 66.4 Å². The first kappa shape index (κ1) is 24.3. The number of aromatic amines is 2. The van der Waals surface area contributed by atoms with Crippen LogP contribution in [0.1, 0.15) is 0 Å². The zero-order valence-corrected chi connectivity index (χ0v) is 23.4. The lowest BCUT2D eigenvalue weighted by atomic mass is 10.00. The van der Waals surface area contributed by atoms with Gasteiger partial charge in [-0.3, -0.25) is 0 Å². The van der Waals surface area contributed by atoms with Crippen LogP contribution in [0.2, 0.25) is 0 Å². The molecule has 0 unspecified atom stereocenters. The normalized spacial score (nSPS) is 12.0. The highest BCUT2D eigenvalue weighted by atomic mass is 14.8. The van der Waals surface area contributed by atoms with Gasteiger partial charge in [0, 0.05) is 77.6 Å². The van der Waals surface area contributed by atoms with Gasteiger partial charge in [-0.15, -0.1) is 0 Å². The summed E-state index contributed by atoms with van der Waals surface area (Å²) in [7, 11) is 0. The predicted molar refractivity (Wildman–Crippen MR) is 183 cm³/mol. The van der Waals surface area contributed by atoms with E-state index in [1.807, 2.05) is 78.9 Å². The molecule has 3 aromatic heterocycles. The van der Waals surface area contributed by atoms with E-state index in [9.17, 15) is 0 Å². The van der Waals surface area contributed by atoms with E-state index in [0.29, 0.717) is 22.7 Å². The van der Waals surface area contributed by atoms with Crippen molar-refractivity contribution in [1.82, 2.24) is 19.9 Å². The monoisotopic (exact) mass is 570 g/mol.